The minimum atomic E-state index is -3.59. The maximum atomic E-state index is 13.2. The van der Waals surface area contributed by atoms with Crippen molar-refractivity contribution in [1.29, 1.82) is 0 Å². The summed E-state index contributed by atoms with van der Waals surface area (Å²) in [5.41, 5.74) is 0.331. The van der Waals surface area contributed by atoms with E-state index in [9.17, 15) is 12.8 Å². The Morgan fingerprint density at radius 2 is 2.16 bits per heavy atom. The number of benzene rings is 1. The number of hydrogen-bond donors (Lipinski definition) is 2. The predicted octanol–water partition coefficient (Wildman–Crippen LogP) is 1.41. The highest BCUT2D eigenvalue weighted by molar-refractivity contribution is 7.89. The molecule has 0 aliphatic carbocycles. The number of piperidine rings is 1. The van der Waals surface area contributed by atoms with Crippen LogP contribution in [0.2, 0.25) is 0 Å². The molecule has 0 radical (unpaired) electrons. The molecule has 1 aliphatic rings. The Morgan fingerprint density at radius 3 is 2.79 bits per heavy atom. The first-order valence-electron chi connectivity index (χ1n) is 6.39. The number of halogens is 1. The fourth-order valence-electron chi connectivity index (χ4n) is 2.20. The first-order chi connectivity index (χ1) is 8.90. The average molecular weight is 286 g/mol. The van der Waals surface area contributed by atoms with Crippen LogP contribution >= 0.6 is 0 Å². The molecular weight excluding hydrogens is 267 g/mol. The summed E-state index contributed by atoms with van der Waals surface area (Å²) in [4.78, 5) is 0.115. The fraction of sp³-hybridized carbons (Fsp3) is 0.538. The highest BCUT2D eigenvalue weighted by atomic mass is 32.2. The van der Waals surface area contributed by atoms with Crippen LogP contribution in [-0.4, -0.2) is 27.5 Å². The maximum absolute atomic E-state index is 13.2. The molecule has 1 saturated heterocycles. The molecule has 1 aromatic rings. The maximum Gasteiger partial charge on any atom is 0.240 e. The summed E-state index contributed by atoms with van der Waals surface area (Å²) < 4.78 is 40.4. The zero-order valence-corrected chi connectivity index (χ0v) is 11.9. The molecular formula is C13H19FN2O2S. The molecule has 0 aromatic heterocycles. The van der Waals surface area contributed by atoms with Gasteiger partial charge >= 0.3 is 0 Å². The fourth-order valence-corrected chi connectivity index (χ4v) is 3.63. The normalized spacial score (nSPS) is 24.4. The van der Waals surface area contributed by atoms with E-state index < -0.39 is 15.8 Å². The van der Waals surface area contributed by atoms with Gasteiger partial charge in [-0.1, -0.05) is 6.92 Å². The van der Waals surface area contributed by atoms with E-state index in [0.717, 1.165) is 13.0 Å². The topological polar surface area (TPSA) is 58.2 Å². The summed E-state index contributed by atoms with van der Waals surface area (Å²) in [6.45, 7) is 5.12. The number of nitrogens with one attached hydrogen (secondary N) is 2. The Labute approximate surface area is 113 Å². The van der Waals surface area contributed by atoms with Crippen LogP contribution in [0.3, 0.4) is 0 Å². The van der Waals surface area contributed by atoms with Crippen LogP contribution in [0.4, 0.5) is 4.39 Å². The lowest BCUT2D eigenvalue weighted by Gasteiger charge is -2.30. The van der Waals surface area contributed by atoms with Gasteiger partial charge in [0, 0.05) is 12.6 Å². The van der Waals surface area contributed by atoms with Gasteiger partial charge in [0.2, 0.25) is 10.0 Å². The molecule has 2 unspecified atom stereocenters. The van der Waals surface area contributed by atoms with Gasteiger partial charge in [-0.15, -0.1) is 0 Å². The van der Waals surface area contributed by atoms with Crippen molar-refractivity contribution >= 4 is 10.0 Å². The number of rotatable bonds is 3. The third kappa shape index (κ3) is 3.32. The van der Waals surface area contributed by atoms with Gasteiger partial charge in [-0.2, -0.15) is 0 Å². The molecule has 0 bridgehead atoms. The van der Waals surface area contributed by atoms with Crippen molar-refractivity contribution in [2.45, 2.75) is 31.2 Å². The summed E-state index contributed by atoms with van der Waals surface area (Å²) in [6.07, 6.45) is 0.940. The van der Waals surface area contributed by atoms with Gasteiger partial charge in [-0.25, -0.2) is 17.5 Å². The van der Waals surface area contributed by atoms with E-state index in [1.165, 1.54) is 18.2 Å². The average Bonchev–Trinajstić information content (AvgIpc) is 2.35. The smallest absolute Gasteiger partial charge is 0.240 e. The quantitative estimate of drug-likeness (QED) is 0.883. The van der Waals surface area contributed by atoms with E-state index in [2.05, 4.69) is 10.0 Å². The van der Waals surface area contributed by atoms with Gasteiger partial charge in [0.05, 0.1) is 4.90 Å². The standard InChI is InChI=1S/C13H19FN2O2S/c1-9-5-6-15-8-13(9)16-19(17,18)11-3-4-12(14)10(2)7-11/h3-4,7,9,13,15-16H,5-6,8H2,1-2H3. The van der Waals surface area contributed by atoms with Crippen LogP contribution in [0.25, 0.3) is 0 Å². The van der Waals surface area contributed by atoms with E-state index >= 15 is 0 Å². The predicted molar refractivity (Wildman–Crippen MR) is 71.9 cm³/mol. The van der Waals surface area contributed by atoms with Crippen molar-refractivity contribution in [1.82, 2.24) is 10.0 Å². The Hall–Kier alpha value is -0.980. The Bertz CT molecular complexity index is 560. The minimum absolute atomic E-state index is 0.115. The van der Waals surface area contributed by atoms with Gasteiger partial charge in [0.1, 0.15) is 5.82 Å². The summed E-state index contributed by atoms with van der Waals surface area (Å²) in [7, 11) is -3.59. The SMILES string of the molecule is Cc1cc(S(=O)(=O)NC2CNCCC2C)ccc1F. The van der Waals surface area contributed by atoms with Crippen LogP contribution in [0.15, 0.2) is 23.1 Å². The van der Waals surface area contributed by atoms with Gasteiger partial charge < -0.3 is 5.32 Å². The molecule has 0 saturated carbocycles. The molecule has 19 heavy (non-hydrogen) atoms. The van der Waals surface area contributed by atoms with Crippen LogP contribution in [0, 0.1) is 18.7 Å². The van der Waals surface area contributed by atoms with Crippen molar-refractivity contribution < 1.29 is 12.8 Å². The van der Waals surface area contributed by atoms with E-state index in [4.69, 9.17) is 0 Å². The van der Waals surface area contributed by atoms with E-state index in [0.29, 0.717) is 12.1 Å². The molecule has 0 amide bonds. The van der Waals surface area contributed by atoms with Gasteiger partial charge in [0.15, 0.2) is 0 Å². The van der Waals surface area contributed by atoms with E-state index in [-0.39, 0.29) is 16.9 Å². The molecule has 2 rings (SSSR count). The first-order valence-corrected chi connectivity index (χ1v) is 7.87. The molecule has 0 spiro atoms. The van der Waals surface area contributed by atoms with E-state index in [1.54, 1.807) is 6.92 Å². The second-order valence-electron chi connectivity index (χ2n) is 5.11. The van der Waals surface area contributed by atoms with Crippen LogP contribution < -0.4 is 10.0 Å². The lowest BCUT2D eigenvalue weighted by Crippen LogP contribution is -2.50. The first kappa shape index (κ1) is 14.4. The minimum Gasteiger partial charge on any atom is -0.315 e. The van der Waals surface area contributed by atoms with Crippen molar-refractivity contribution in [2.75, 3.05) is 13.1 Å². The molecule has 106 valence electrons. The third-order valence-corrected chi connectivity index (χ3v) is 5.06. The Kier molecular flexibility index (Phi) is 4.23. The lowest BCUT2D eigenvalue weighted by molar-refractivity contribution is 0.327. The van der Waals surface area contributed by atoms with Crippen LogP contribution in [0.5, 0.6) is 0 Å². The second-order valence-corrected chi connectivity index (χ2v) is 6.82. The van der Waals surface area contributed by atoms with E-state index in [1.807, 2.05) is 6.92 Å². The largest absolute Gasteiger partial charge is 0.315 e. The van der Waals surface area contributed by atoms with Crippen molar-refractivity contribution in [3.8, 4) is 0 Å². The molecule has 4 nitrogen and oxygen atoms in total. The molecule has 1 aromatic carbocycles. The number of sulfonamides is 1. The zero-order valence-electron chi connectivity index (χ0n) is 11.1. The summed E-state index contributed by atoms with van der Waals surface area (Å²) in [5.74, 6) is -0.107. The van der Waals surface area contributed by atoms with Crippen molar-refractivity contribution in [2.24, 2.45) is 5.92 Å². The van der Waals surface area contributed by atoms with Crippen LogP contribution in [0.1, 0.15) is 18.9 Å². The number of aryl methyl sites for hydroxylation is 1. The molecule has 1 fully saturated rings. The lowest BCUT2D eigenvalue weighted by atomic mass is 9.96. The zero-order chi connectivity index (χ0) is 14.0. The van der Waals surface area contributed by atoms with Crippen molar-refractivity contribution in [3.05, 3.63) is 29.6 Å². The summed E-state index contributed by atoms with van der Waals surface area (Å²) in [5, 5.41) is 3.17. The van der Waals surface area contributed by atoms with Gasteiger partial charge in [-0.3, -0.25) is 0 Å². The molecule has 2 N–H and O–H groups in total. The van der Waals surface area contributed by atoms with Crippen molar-refractivity contribution in [3.63, 3.8) is 0 Å². The molecule has 2 atom stereocenters. The van der Waals surface area contributed by atoms with Gasteiger partial charge in [0.25, 0.3) is 0 Å². The highest BCUT2D eigenvalue weighted by Crippen LogP contribution is 2.17. The Balaban J connectivity index is 2.19. The summed E-state index contributed by atoms with van der Waals surface area (Å²) >= 11 is 0. The monoisotopic (exact) mass is 286 g/mol. The number of hydrogen-bond acceptors (Lipinski definition) is 3. The third-order valence-electron chi connectivity index (χ3n) is 3.57. The van der Waals surface area contributed by atoms with Gasteiger partial charge in [-0.05, 0) is 49.6 Å². The Morgan fingerprint density at radius 1 is 1.42 bits per heavy atom. The molecule has 1 aliphatic heterocycles. The molecule has 6 heteroatoms. The summed E-state index contributed by atoms with van der Waals surface area (Å²) in [6, 6.07) is 3.72. The second kappa shape index (κ2) is 5.56. The highest BCUT2D eigenvalue weighted by Gasteiger charge is 2.26. The molecule has 1 heterocycles. The van der Waals surface area contributed by atoms with Crippen LogP contribution in [-0.2, 0) is 10.0 Å².